The minimum atomic E-state index is -0.437. The van der Waals surface area contributed by atoms with E-state index in [9.17, 15) is 4.79 Å². The van der Waals surface area contributed by atoms with Gasteiger partial charge in [0.1, 0.15) is 0 Å². The number of nitrogens with two attached hydrogens (primary N) is 1. The quantitative estimate of drug-likeness (QED) is 0.843. The smallest absolute Gasteiger partial charge is 0.307 e. The van der Waals surface area contributed by atoms with Crippen molar-refractivity contribution in [2.45, 2.75) is 19.4 Å². The molecule has 1 aliphatic rings. The van der Waals surface area contributed by atoms with E-state index in [0.29, 0.717) is 18.1 Å². The fourth-order valence-corrected chi connectivity index (χ4v) is 2.34. The maximum Gasteiger partial charge on any atom is 0.307 e. The fourth-order valence-electron chi connectivity index (χ4n) is 1.73. The Morgan fingerprint density at radius 3 is 2.74 bits per heavy atom. The highest BCUT2D eigenvalue weighted by Gasteiger charge is 2.21. The van der Waals surface area contributed by atoms with Gasteiger partial charge in [0.15, 0.2) is 11.5 Å². The highest BCUT2D eigenvalue weighted by molar-refractivity contribution is 9.10. The summed E-state index contributed by atoms with van der Waals surface area (Å²) >= 11 is 3.41. The lowest BCUT2D eigenvalue weighted by Crippen LogP contribution is -2.17. The summed E-state index contributed by atoms with van der Waals surface area (Å²) in [6.07, 6.45) is 0.131. The van der Waals surface area contributed by atoms with Gasteiger partial charge in [-0.05, 0) is 24.6 Å². The van der Waals surface area contributed by atoms with Gasteiger partial charge in [-0.15, -0.1) is 12.4 Å². The van der Waals surface area contributed by atoms with Crippen LogP contribution in [0.15, 0.2) is 16.6 Å². The monoisotopic (exact) mass is 351 g/mol. The number of benzene rings is 1. The molecular formula is C12H15BrClNO4. The van der Waals surface area contributed by atoms with Crippen LogP contribution in [0.4, 0.5) is 0 Å². The number of carbonyl (C=O) groups is 1. The lowest BCUT2D eigenvalue weighted by atomic mass is 10.0. The number of ether oxygens (including phenoxy) is 3. The molecule has 0 amide bonds. The SMILES string of the molecule is CCOC(=O)C[C@H](N)c1cc2c(cc1Br)OCO2.Cl. The van der Waals surface area contributed by atoms with Crippen LogP contribution in [0.2, 0.25) is 0 Å². The normalized spacial score (nSPS) is 13.6. The lowest BCUT2D eigenvalue weighted by molar-refractivity contribution is -0.143. The molecule has 0 aliphatic carbocycles. The summed E-state index contributed by atoms with van der Waals surface area (Å²) in [5.41, 5.74) is 6.79. The van der Waals surface area contributed by atoms with Crippen LogP contribution in [0.1, 0.15) is 24.9 Å². The minimum Gasteiger partial charge on any atom is -0.466 e. The van der Waals surface area contributed by atoms with Crippen LogP contribution in [0.3, 0.4) is 0 Å². The summed E-state index contributed by atoms with van der Waals surface area (Å²) in [7, 11) is 0. The first kappa shape index (κ1) is 16.1. The molecule has 0 fully saturated rings. The van der Waals surface area contributed by atoms with Crippen LogP contribution < -0.4 is 15.2 Å². The van der Waals surface area contributed by atoms with E-state index >= 15 is 0 Å². The molecule has 0 unspecified atom stereocenters. The van der Waals surface area contributed by atoms with Crippen molar-refractivity contribution < 1.29 is 19.0 Å². The average molecular weight is 353 g/mol. The molecule has 2 N–H and O–H groups in total. The second kappa shape index (κ2) is 6.98. The highest BCUT2D eigenvalue weighted by atomic mass is 79.9. The first-order valence-corrected chi connectivity index (χ1v) is 6.41. The molecule has 1 atom stereocenters. The molecule has 1 aromatic carbocycles. The van der Waals surface area contributed by atoms with Crippen LogP contribution in [0.25, 0.3) is 0 Å². The summed E-state index contributed by atoms with van der Waals surface area (Å²) in [6, 6.07) is 3.15. The topological polar surface area (TPSA) is 70.8 Å². The molecule has 1 aromatic rings. The molecular weight excluding hydrogens is 337 g/mol. The van der Waals surface area contributed by atoms with Crippen LogP contribution in [0, 0.1) is 0 Å². The Labute approximate surface area is 125 Å². The van der Waals surface area contributed by atoms with E-state index in [4.69, 9.17) is 19.9 Å². The zero-order chi connectivity index (χ0) is 13.1. The van der Waals surface area contributed by atoms with E-state index in [-0.39, 0.29) is 31.6 Å². The number of rotatable bonds is 4. The minimum absolute atomic E-state index is 0. The third-order valence-electron chi connectivity index (χ3n) is 2.58. The maximum absolute atomic E-state index is 11.4. The van der Waals surface area contributed by atoms with E-state index in [2.05, 4.69) is 15.9 Å². The first-order chi connectivity index (χ1) is 8.61. The molecule has 0 saturated heterocycles. The van der Waals surface area contributed by atoms with Gasteiger partial charge in [0.05, 0.1) is 13.0 Å². The largest absolute Gasteiger partial charge is 0.466 e. The van der Waals surface area contributed by atoms with Crippen molar-refractivity contribution >= 4 is 34.3 Å². The van der Waals surface area contributed by atoms with E-state index < -0.39 is 6.04 Å². The summed E-state index contributed by atoms with van der Waals surface area (Å²) in [5.74, 6) is 1.01. The number of hydrogen-bond acceptors (Lipinski definition) is 5. The van der Waals surface area contributed by atoms with Crippen LogP contribution in [0.5, 0.6) is 11.5 Å². The Morgan fingerprint density at radius 2 is 2.11 bits per heavy atom. The fraction of sp³-hybridized carbons (Fsp3) is 0.417. The second-order valence-corrected chi connectivity index (χ2v) is 4.70. The van der Waals surface area contributed by atoms with E-state index in [1.807, 2.05) is 0 Å². The number of carbonyl (C=O) groups excluding carboxylic acids is 1. The Kier molecular flexibility index (Phi) is 5.90. The molecule has 0 bridgehead atoms. The van der Waals surface area contributed by atoms with Crippen molar-refractivity contribution in [3.63, 3.8) is 0 Å². The van der Waals surface area contributed by atoms with Gasteiger partial charge < -0.3 is 19.9 Å². The number of fused-ring (bicyclic) bond motifs is 1. The molecule has 1 heterocycles. The molecule has 106 valence electrons. The summed E-state index contributed by atoms with van der Waals surface area (Å²) in [6.45, 7) is 2.33. The van der Waals surface area contributed by atoms with Gasteiger partial charge in [-0.1, -0.05) is 15.9 Å². The molecule has 19 heavy (non-hydrogen) atoms. The first-order valence-electron chi connectivity index (χ1n) is 5.62. The summed E-state index contributed by atoms with van der Waals surface area (Å²) < 4.78 is 16.2. The predicted octanol–water partition coefficient (Wildman–Crippen LogP) is 2.55. The molecule has 1 aliphatic heterocycles. The third-order valence-corrected chi connectivity index (χ3v) is 3.27. The average Bonchev–Trinajstić information content (AvgIpc) is 2.74. The second-order valence-electron chi connectivity index (χ2n) is 3.84. The van der Waals surface area contributed by atoms with Gasteiger partial charge in [-0.3, -0.25) is 4.79 Å². The van der Waals surface area contributed by atoms with Crippen LogP contribution in [-0.2, 0) is 9.53 Å². The standard InChI is InChI=1S/C12H14BrNO4.ClH/c1-2-16-12(15)5-9(14)7-3-10-11(4-8(7)13)18-6-17-10;/h3-4,9H,2,5-6,14H2,1H3;1H/t9-;/m0./s1. The van der Waals surface area contributed by atoms with Gasteiger partial charge >= 0.3 is 5.97 Å². The number of esters is 1. The zero-order valence-corrected chi connectivity index (χ0v) is 12.8. The van der Waals surface area contributed by atoms with Gasteiger partial charge in [-0.25, -0.2) is 0 Å². The van der Waals surface area contributed by atoms with E-state index in [1.54, 1.807) is 19.1 Å². The zero-order valence-electron chi connectivity index (χ0n) is 10.3. The Morgan fingerprint density at radius 1 is 1.47 bits per heavy atom. The Hall–Kier alpha value is -0.980. The van der Waals surface area contributed by atoms with Gasteiger partial charge in [0.2, 0.25) is 6.79 Å². The molecule has 0 spiro atoms. The Bertz CT molecular complexity index is 469. The summed E-state index contributed by atoms with van der Waals surface area (Å²) in [4.78, 5) is 11.4. The number of hydrogen-bond donors (Lipinski definition) is 1. The molecule has 5 nitrogen and oxygen atoms in total. The van der Waals surface area contributed by atoms with Crippen molar-refractivity contribution in [3.05, 3.63) is 22.2 Å². The molecule has 0 aromatic heterocycles. The summed E-state index contributed by atoms with van der Waals surface area (Å²) in [5, 5.41) is 0. The third kappa shape index (κ3) is 3.75. The van der Waals surface area contributed by atoms with Crippen molar-refractivity contribution in [2.75, 3.05) is 13.4 Å². The van der Waals surface area contributed by atoms with Crippen LogP contribution >= 0.6 is 28.3 Å². The molecule has 0 radical (unpaired) electrons. The van der Waals surface area contributed by atoms with E-state index in [1.165, 1.54) is 0 Å². The van der Waals surface area contributed by atoms with Gasteiger partial charge in [0, 0.05) is 10.5 Å². The number of halogens is 2. The maximum atomic E-state index is 11.4. The van der Waals surface area contributed by atoms with Crippen molar-refractivity contribution in [2.24, 2.45) is 5.73 Å². The molecule has 7 heteroatoms. The Balaban J connectivity index is 0.00000180. The lowest BCUT2D eigenvalue weighted by Gasteiger charge is -2.13. The molecule has 2 rings (SSSR count). The highest BCUT2D eigenvalue weighted by Crippen LogP contribution is 2.39. The van der Waals surface area contributed by atoms with Gasteiger partial charge in [0.25, 0.3) is 0 Å². The van der Waals surface area contributed by atoms with Crippen molar-refractivity contribution in [1.82, 2.24) is 0 Å². The molecule has 0 saturated carbocycles. The van der Waals surface area contributed by atoms with Crippen LogP contribution in [-0.4, -0.2) is 19.4 Å². The van der Waals surface area contributed by atoms with Crippen molar-refractivity contribution in [3.8, 4) is 11.5 Å². The van der Waals surface area contributed by atoms with E-state index in [0.717, 1.165) is 10.0 Å². The van der Waals surface area contributed by atoms with Gasteiger partial charge in [-0.2, -0.15) is 0 Å². The predicted molar refractivity (Wildman–Crippen MR) is 75.7 cm³/mol. The van der Waals surface area contributed by atoms with Crippen molar-refractivity contribution in [1.29, 1.82) is 0 Å².